The molecule has 7 nitrogen and oxygen atoms in total. The first-order chi connectivity index (χ1) is 11.6. The number of nitrogen functional groups attached to an aromatic ring is 2. The number of rotatable bonds is 4. The number of amides is 1. The Labute approximate surface area is 143 Å². The van der Waals surface area contributed by atoms with Gasteiger partial charge in [-0.3, -0.25) is 9.79 Å². The van der Waals surface area contributed by atoms with E-state index in [0.717, 1.165) is 23.4 Å². The predicted molar refractivity (Wildman–Crippen MR) is 98.7 cm³/mol. The maximum Gasteiger partial charge on any atom is 0.283 e. The minimum Gasteiger partial charge on any atom is -0.397 e. The zero-order valence-corrected chi connectivity index (χ0v) is 14.0. The summed E-state index contributed by atoms with van der Waals surface area (Å²) in [6.45, 7) is 3.24. The van der Waals surface area contributed by atoms with Crippen molar-refractivity contribution >= 4 is 39.5 Å². The molecule has 0 bridgehead atoms. The fourth-order valence-corrected chi connectivity index (χ4v) is 3.25. The number of benzene rings is 1. The van der Waals surface area contributed by atoms with Crippen LogP contribution in [-0.2, 0) is 0 Å². The van der Waals surface area contributed by atoms with Crippen molar-refractivity contribution in [2.45, 2.75) is 6.92 Å². The molecule has 0 aliphatic carbocycles. The summed E-state index contributed by atoms with van der Waals surface area (Å²) in [6, 6.07) is 9.59. The summed E-state index contributed by atoms with van der Waals surface area (Å²) in [4.78, 5) is 17.0. The molecular weight excluding hydrogens is 324 g/mol. The maximum atomic E-state index is 12.4. The number of nitrogens with zero attached hydrogens (tertiary/aromatic N) is 2. The van der Waals surface area contributed by atoms with E-state index in [0.29, 0.717) is 39.2 Å². The number of anilines is 2. The Bertz CT molecular complexity index is 825. The lowest BCUT2D eigenvalue weighted by molar-refractivity contribution is 0.0959. The molecule has 0 radical (unpaired) electrons. The summed E-state index contributed by atoms with van der Waals surface area (Å²) in [5.74, 6) is 0.258. The largest absolute Gasteiger partial charge is 0.397 e. The molecule has 0 atom stereocenters. The number of nitrogens with two attached hydrogens (primary N) is 2. The van der Waals surface area contributed by atoms with Crippen molar-refractivity contribution in [3.8, 4) is 0 Å². The number of amidine groups is 1. The molecule has 124 valence electrons. The molecule has 1 aromatic carbocycles. The van der Waals surface area contributed by atoms with Crippen molar-refractivity contribution in [3.05, 3.63) is 46.3 Å². The third-order valence-corrected chi connectivity index (χ3v) is 4.64. The van der Waals surface area contributed by atoms with Crippen LogP contribution in [0.25, 0.3) is 0 Å². The van der Waals surface area contributed by atoms with Gasteiger partial charge in [0.05, 0.1) is 28.5 Å². The van der Waals surface area contributed by atoms with Gasteiger partial charge in [0.1, 0.15) is 10.7 Å². The van der Waals surface area contributed by atoms with Crippen LogP contribution in [0.5, 0.6) is 0 Å². The summed E-state index contributed by atoms with van der Waals surface area (Å²) in [5, 5.41) is 7.71. The summed E-state index contributed by atoms with van der Waals surface area (Å²) in [7, 11) is 0. The van der Waals surface area contributed by atoms with Crippen LogP contribution >= 0.6 is 11.3 Å². The first-order valence-corrected chi connectivity index (χ1v) is 8.26. The Morgan fingerprint density at radius 1 is 1.33 bits per heavy atom. The van der Waals surface area contributed by atoms with Gasteiger partial charge in [-0.1, -0.05) is 30.3 Å². The van der Waals surface area contributed by atoms with Crippen LogP contribution in [0, 0.1) is 0 Å². The van der Waals surface area contributed by atoms with E-state index >= 15 is 0 Å². The van der Waals surface area contributed by atoms with E-state index in [-0.39, 0.29) is 5.91 Å². The van der Waals surface area contributed by atoms with Crippen molar-refractivity contribution in [1.29, 1.82) is 0 Å². The van der Waals surface area contributed by atoms with Gasteiger partial charge in [-0.25, -0.2) is 5.43 Å². The lowest BCUT2D eigenvalue weighted by atomic mass is 10.1. The number of thiophene rings is 1. The number of hydrogen-bond acceptors (Lipinski definition) is 7. The van der Waals surface area contributed by atoms with Crippen LogP contribution < -0.4 is 22.2 Å². The van der Waals surface area contributed by atoms with E-state index in [2.05, 4.69) is 20.8 Å². The molecule has 3 rings (SSSR count). The molecule has 6 N–H and O–H groups in total. The van der Waals surface area contributed by atoms with Crippen LogP contribution in [0.4, 0.5) is 10.7 Å². The predicted octanol–water partition coefficient (Wildman–Crippen LogP) is 1.42. The van der Waals surface area contributed by atoms with Crippen LogP contribution in [-0.4, -0.2) is 30.5 Å². The highest BCUT2D eigenvalue weighted by molar-refractivity contribution is 7.19. The van der Waals surface area contributed by atoms with Crippen LogP contribution in [0.15, 0.2) is 40.4 Å². The smallest absolute Gasteiger partial charge is 0.283 e. The molecule has 2 heterocycles. The fraction of sp³-hybridized carbons (Fsp3) is 0.188. The van der Waals surface area contributed by atoms with Crippen molar-refractivity contribution in [2.75, 3.05) is 24.6 Å². The van der Waals surface area contributed by atoms with Gasteiger partial charge >= 0.3 is 0 Å². The zero-order valence-electron chi connectivity index (χ0n) is 13.2. The first kappa shape index (κ1) is 16.0. The second-order valence-corrected chi connectivity index (χ2v) is 6.30. The van der Waals surface area contributed by atoms with Crippen molar-refractivity contribution < 1.29 is 4.79 Å². The first-order valence-electron chi connectivity index (χ1n) is 7.44. The highest BCUT2D eigenvalue weighted by atomic mass is 32.1. The highest BCUT2D eigenvalue weighted by Gasteiger charge is 2.24. The third kappa shape index (κ3) is 3.09. The normalized spacial score (nSPS) is 14.2. The molecule has 1 aliphatic rings. The number of nitrogens with one attached hydrogen (secondary N) is 2. The molecule has 24 heavy (non-hydrogen) atoms. The van der Waals surface area contributed by atoms with E-state index in [4.69, 9.17) is 11.5 Å². The number of aliphatic imine (C=N–C) groups is 1. The van der Waals surface area contributed by atoms with E-state index in [1.807, 2.05) is 37.3 Å². The Balaban J connectivity index is 1.80. The van der Waals surface area contributed by atoms with Gasteiger partial charge in [0, 0.05) is 6.54 Å². The highest BCUT2D eigenvalue weighted by Crippen LogP contribution is 2.34. The SMILES string of the molecule is C/C(=N\NC(=O)c1sc(N)c(C2=NCCN2)c1N)c1ccccc1. The zero-order chi connectivity index (χ0) is 17.1. The Morgan fingerprint density at radius 2 is 2.08 bits per heavy atom. The van der Waals surface area contributed by atoms with Gasteiger partial charge in [-0.2, -0.15) is 5.10 Å². The summed E-state index contributed by atoms with van der Waals surface area (Å²) >= 11 is 1.13. The van der Waals surface area contributed by atoms with Gasteiger partial charge in [0.25, 0.3) is 5.91 Å². The number of carbonyl (C=O) groups is 1. The van der Waals surface area contributed by atoms with E-state index < -0.39 is 0 Å². The summed E-state index contributed by atoms with van der Waals surface area (Å²) in [5.41, 5.74) is 17.2. The molecule has 0 fully saturated rings. The lowest BCUT2D eigenvalue weighted by Crippen LogP contribution is -2.22. The molecule has 1 aromatic heterocycles. The molecule has 1 amide bonds. The topological polar surface area (TPSA) is 118 Å². The molecule has 0 unspecified atom stereocenters. The van der Waals surface area contributed by atoms with Crippen LogP contribution in [0.2, 0.25) is 0 Å². The van der Waals surface area contributed by atoms with Gasteiger partial charge in [-0.05, 0) is 12.5 Å². The molecule has 0 saturated carbocycles. The molecule has 2 aromatic rings. The van der Waals surface area contributed by atoms with Gasteiger partial charge < -0.3 is 16.8 Å². The minimum absolute atomic E-state index is 0.329. The molecule has 8 heteroatoms. The second kappa shape index (κ2) is 6.71. The van der Waals surface area contributed by atoms with Gasteiger partial charge in [-0.15, -0.1) is 11.3 Å². The quantitative estimate of drug-likeness (QED) is 0.496. The molecule has 0 saturated heterocycles. The maximum absolute atomic E-state index is 12.4. The van der Waals surface area contributed by atoms with E-state index in [1.54, 1.807) is 0 Å². The number of carbonyl (C=O) groups excluding carboxylic acids is 1. The minimum atomic E-state index is -0.385. The van der Waals surface area contributed by atoms with E-state index in [9.17, 15) is 4.79 Å². The van der Waals surface area contributed by atoms with Crippen LogP contribution in [0.3, 0.4) is 0 Å². The number of hydrazone groups is 1. The molecular formula is C16H18N6OS. The van der Waals surface area contributed by atoms with Crippen molar-refractivity contribution in [3.63, 3.8) is 0 Å². The van der Waals surface area contributed by atoms with Crippen LogP contribution in [0.1, 0.15) is 27.7 Å². The Kier molecular flexibility index (Phi) is 4.48. The Hall–Kier alpha value is -2.87. The average Bonchev–Trinajstić information content (AvgIpc) is 3.21. The summed E-state index contributed by atoms with van der Waals surface area (Å²) in [6.07, 6.45) is 0. The number of hydrogen-bond donors (Lipinski definition) is 4. The standard InChI is InChI=1S/C16H18N6OS/c1-9(10-5-3-2-4-6-10)21-22-16(23)13-12(17)11(14(18)24-13)15-19-7-8-20-15/h2-6H,7-8,17-18H2,1H3,(H,19,20)(H,22,23)/b21-9+. The third-order valence-electron chi connectivity index (χ3n) is 3.61. The van der Waals surface area contributed by atoms with Crippen molar-refractivity contribution in [2.24, 2.45) is 10.1 Å². The van der Waals surface area contributed by atoms with E-state index in [1.165, 1.54) is 0 Å². The lowest BCUT2D eigenvalue weighted by Gasteiger charge is -2.04. The monoisotopic (exact) mass is 342 g/mol. The molecule has 0 spiro atoms. The van der Waals surface area contributed by atoms with Crippen molar-refractivity contribution in [1.82, 2.24) is 10.7 Å². The average molecular weight is 342 g/mol. The fourth-order valence-electron chi connectivity index (χ4n) is 2.37. The second-order valence-electron chi connectivity index (χ2n) is 5.25. The van der Waals surface area contributed by atoms with Gasteiger partial charge in [0.15, 0.2) is 0 Å². The summed E-state index contributed by atoms with van der Waals surface area (Å²) < 4.78 is 0. The Morgan fingerprint density at radius 3 is 2.75 bits per heavy atom. The molecule has 1 aliphatic heterocycles. The van der Waals surface area contributed by atoms with Gasteiger partial charge in [0.2, 0.25) is 0 Å².